The van der Waals surface area contributed by atoms with E-state index in [0.29, 0.717) is 5.92 Å². The maximum Gasteiger partial charge on any atom is 0.126 e. The van der Waals surface area contributed by atoms with Crippen LogP contribution in [0.4, 0.5) is 5.82 Å². The van der Waals surface area contributed by atoms with Gasteiger partial charge in [0, 0.05) is 26.2 Å². The number of nitrogens with zero attached hydrogens (tertiary/aromatic N) is 2. The molecule has 2 rings (SSSR count). The van der Waals surface area contributed by atoms with E-state index in [9.17, 15) is 5.11 Å². The molecule has 0 saturated carbocycles. The lowest BCUT2D eigenvalue weighted by Gasteiger charge is -2.34. The quantitative estimate of drug-likeness (QED) is 0.853. The lowest BCUT2D eigenvalue weighted by atomic mass is 9.97. The monoisotopic (exact) mass is 249 g/mol. The Bertz CT molecular complexity index is 383. The van der Waals surface area contributed by atoms with Crippen LogP contribution < -0.4 is 5.32 Å². The Hall–Kier alpha value is -1.13. The number of aliphatic hydroxyl groups excluding tert-OH is 1. The standard InChI is InChI=1S/C14H23N3O/c1-3-15-14-6-4-5-12(16-14)10-17-8-7-13(18)11(2)9-17/h4-6,11,13,18H,3,7-10H2,1-2H3,(H,15,16). The van der Waals surface area contributed by atoms with Crippen molar-refractivity contribution in [3.05, 3.63) is 23.9 Å². The molecular weight excluding hydrogens is 226 g/mol. The molecule has 2 heterocycles. The number of pyridine rings is 1. The van der Waals surface area contributed by atoms with Crippen molar-refractivity contribution in [3.8, 4) is 0 Å². The molecule has 18 heavy (non-hydrogen) atoms. The average molecular weight is 249 g/mol. The third-order valence-corrected chi connectivity index (χ3v) is 3.49. The van der Waals surface area contributed by atoms with Crippen LogP contribution in [-0.2, 0) is 6.54 Å². The summed E-state index contributed by atoms with van der Waals surface area (Å²) in [4.78, 5) is 6.96. The van der Waals surface area contributed by atoms with Crippen molar-refractivity contribution in [2.24, 2.45) is 5.92 Å². The molecule has 0 radical (unpaired) electrons. The third kappa shape index (κ3) is 3.43. The first-order chi connectivity index (χ1) is 8.69. The molecule has 0 bridgehead atoms. The second-order valence-corrected chi connectivity index (χ2v) is 5.11. The number of aliphatic hydroxyl groups is 1. The smallest absolute Gasteiger partial charge is 0.126 e. The first-order valence-electron chi connectivity index (χ1n) is 6.79. The lowest BCUT2D eigenvalue weighted by molar-refractivity contribution is 0.0316. The van der Waals surface area contributed by atoms with E-state index in [1.165, 1.54) is 0 Å². The highest BCUT2D eigenvalue weighted by Crippen LogP contribution is 2.18. The van der Waals surface area contributed by atoms with Crippen molar-refractivity contribution >= 4 is 5.82 Å². The zero-order chi connectivity index (χ0) is 13.0. The van der Waals surface area contributed by atoms with Crippen LogP contribution in [0.25, 0.3) is 0 Å². The summed E-state index contributed by atoms with van der Waals surface area (Å²) in [6, 6.07) is 6.11. The van der Waals surface area contributed by atoms with E-state index >= 15 is 0 Å². The molecular formula is C14H23N3O. The van der Waals surface area contributed by atoms with Gasteiger partial charge in [0.25, 0.3) is 0 Å². The zero-order valence-corrected chi connectivity index (χ0v) is 11.3. The Morgan fingerprint density at radius 2 is 2.33 bits per heavy atom. The number of nitrogens with one attached hydrogen (secondary N) is 1. The van der Waals surface area contributed by atoms with Gasteiger partial charge in [0.2, 0.25) is 0 Å². The number of rotatable bonds is 4. The van der Waals surface area contributed by atoms with Crippen LogP contribution in [0.3, 0.4) is 0 Å². The number of likely N-dealkylation sites (tertiary alicyclic amines) is 1. The highest BCUT2D eigenvalue weighted by molar-refractivity contribution is 5.34. The Morgan fingerprint density at radius 3 is 3.06 bits per heavy atom. The van der Waals surface area contributed by atoms with Gasteiger partial charge in [-0.1, -0.05) is 13.0 Å². The second-order valence-electron chi connectivity index (χ2n) is 5.11. The number of anilines is 1. The number of hydrogen-bond donors (Lipinski definition) is 2. The zero-order valence-electron chi connectivity index (χ0n) is 11.3. The van der Waals surface area contributed by atoms with E-state index in [4.69, 9.17) is 0 Å². The maximum absolute atomic E-state index is 9.72. The van der Waals surface area contributed by atoms with Crippen LogP contribution in [-0.4, -0.2) is 40.7 Å². The summed E-state index contributed by atoms with van der Waals surface area (Å²) in [5, 5.41) is 13.0. The van der Waals surface area contributed by atoms with E-state index in [1.54, 1.807) is 0 Å². The summed E-state index contributed by atoms with van der Waals surface area (Å²) in [5.74, 6) is 1.30. The molecule has 2 atom stereocenters. The van der Waals surface area contributed by atoms with Crippen LogP contribution in [0.1, 0.15) is 26.0 Å². The van der Waals surface area contributed by atoms with E-state index in [1.807, 2.05) is 12.1 Å². The Balaban J connectivity index is 1.94. The Labute approximate surface area is 109 Å². The first kappa shape index (κ1) is 13.3. The van der Waals surface area contributed by atoms with Gasteiger partial charge in [0.15, 0.2) is 0 Å². The Morgan fingerprint density at radius 1 is 1.50 bits per heavy atom. The van der Waals surface area contributed by atoms with Gasteiger partial charge in [0.1, 0.15) is 5.82 Å². The third-order valence-electron chi connectivity index (χ3n) is 3.49. The van der Waals surface area contributed by atoms with E-state index < -0.39 is 0 Å². The number of aromatic nitrogens is 1. The summed E-state index contributed by atoms with van der Waals surface area (Å²) >= 11 is 0. The minimum absolute atomic E-state index is 0.137. The fourth-order valence-corrected chi connectivity index (χ4v) is 2.44. The molecule has 0 amide bonds. The predicted octanol–water partition coefficient (Wildman–Crippen LogP) is 1.72. The van der Waals surface area contributed by atoms with Gasteiger partial charge in [-0.3, -0.25) is 4.90 Å². The molecule has 4 heteroatoms. The van der Waals surface area contributed by atoms with Gasteiger partial charge in [-0.25, -0.2) is 4.98 Å². The lowest BCUT2D eigenvalue weighted by Crippen LogP contribution is -2.41. The minimum atomic E-state index is -0.137. The van der Waals surface area contributed by atoms with Crippen LogP contribution in [0.5, 0.6) is 0 Å². The largest absolute Gasteiger partial charge is 0.393 e. The van der Waals surface area contributed by atoms with Gasteiger partial charge in [0.05, 0.1) is 11.8 Å². The van der Waals surface area contributed by atoms with Crippen molar-refractivity contribution in [3.63, 3.8) is 0 Å². The minimum Gasteiger partial charge on any atom is -0.393 e. The molecule has 1 aromatic rings. The summed E-state index contributed by atoms with van der Waals surface area (Å²) in [6.45, 7) is 7.86. The summed E-state index contributed by atoms with van der Waals surface area (Å²) in [6.07, 6.45) is 0.732. The highest BCUT2D eigenvalue weighted by Gasteiger charge is 2.24. The van der Waals surface area contributed by atoms with E-state index in [0.717, 1.165) is 44.1 Å². The Kier molecular flexibility index (Phi) is 4.55. The summed E-state index contributed by atoms with van der Waals surface area (Å²) < 4.78 is 0. The van der Waals surface area contributed by atoms with Crippen LogP contribution in [0.2, 0.25) is 0 Å². The van der Waals surface area contributed by atoms with Gasteiger partial charge in [-0.15, -0.1) is 0 Å². The fraction of sp³-hybridized carbons (Fsp3) is 0.643. The molecule has 1 aliphatic rings. The molecule has 100 valence electrons. The fourth-order valence-electron chi connectivity index (χ4n) is 2.44. The van der Waals surface area contributed by atoms with Crippen molar-refractivity contribution in [1.82, 2.24) is 9.88 Å². The molecule has 0 aliphatic carbocycles. The number of piperidine rings is 1. The van der Waals surface area contributed by atoms with Crippen molar-refractivity contribution < 1.29 is 5.11 Å². The second kappa shape index (κ2) is 6.16. The van der Waals surface area contributed by atoms with Gasteiger partial charge >= 0.3 is 0 Å². The average Bonchev–Trinajstić information content (AvgIpc) is 2.35. The molecule has 0 spiro atoms. The summed E-state index contributed by atoms with van der Waals surface area (Å²) in [5.41, 5.74) is 1.09. The molecule has 1 saturated heterocycles. The molecule has 2 unspecified atom stereocenters. The molecule has 2 N–H and O–H groups in total. The van der Waals surface area contributed by atoms with Crippen LogP contribution in [0, 0.1) is 5.92 Å². The SMILES string of the molecule is CCNc1cccc(CN2CCC(O)C(C)C2)n1. The van der Waals surface area contributed by atoms with Gasteiger partial charge in [-0.2, -0.15) is 0 Å². The highest BCUT2D eigenvalue weighted by atomic mass is 16.3. The topological polar surface area (TPSA) is 48.4 Å². The maximum atomic E-state index is 9.72. The van der Waals surface area contributed by atoms with Crippen LogP contribution >= 0.6 is 0 Å². The van der Waals surface area contributed by atoms with Crippen LogP contribution in [0.15, 0.2) is 18.2 Å². The first-order valence-corrected chi connectivity index (χ1v) is 6.79. The van der Waals surface area contributed by atoms with Gasteiger partial charge < -0.3 is 10.4 Å². The molecule has 4 nitrogen and oxygen atoms in total. The summed E-state index contributed by atoms with van der Waals surface area (Å²) in [7, 11) is 0. The van der Waals surface area contributed by atoms with Gasteiger partial charge in [-0.05, 0) is 31.4 Å². The van der Waals surface area contributed by atoms with E-state index in [2.05, 4.69) is 35.1 Å². The molecule has 1 aromatic heterocycles. The van der Waals surface area contributed by atoms with E-state index in [-0.39, 0.29) is 6.10 Å². The molecule has 1 fully saturated rings. The normalized spacial score (nSPS) is 25.1. The predicted molar refractivity (Wildman–Crippen MR) is 73.5 cm³/mol. The molecule has 1 aliphatic heterocycles. The van der Waals surface area contributed by atoms with Crippen molar-refractivity contribution in [2.45, 2.75) is 32.9 Å². The number of hydrogen-bond acceptors (Lipinski definition) is 4. The van der Waals surface area contributed by atoms with Crippen molar-refractivity contribution in [2.75, 3.05) is 25.0 Å². The van der Waals surface area contributed by atoms with Crippen molar-refractivity contribution in [1.29, 1.82) is 0 Å². The molecule has 0 aromatic carbocycles.